The lowest BCUT2D eigenvalue weighted by atomic mass is 9.87. The van der Waals surface area contributed by atoms with E-state index in [1.165, 1.54) is 0 Å². The molecule has 3 nitrogen and oxygen atoms in total. The van der Waals surface area contributed by atoms with Crippen LogP contribution >= 0.6 is 0 Å². The molecule has 1 aliphatic rings. The molecular formula is C27H31FO3. The van der Waals surface area contributed by atoms with Gasteiger partial charge in [0.1, 0.15) is 11.6 Å². The van der Waals surface area contributed by atoms with Crippen LogP contribution in [0.2, 0.25) is 0 Å². The van der Waals surface area contributed by atoms with Crippen LogP contribution in [-0.4, -0.2) is 19.2 Å². The molecule has 0 spiro atoms. The summed E-state index contributed by atoms with van der Waals surface area (Å²) < 4.78 is 26.3. The summed E-state index contributed by atoms with van der Waals surface area (Å²) in [5, 5.41) is 0. The molecule has 31 heavy (non-hydrogen) atoms. The maximum absolute atomic E-state index is 15.2. The van der Waals surface area contributed by atoms with Gasteiger partial charge in [0.2, 0.25) is 0 Å². The van der Waals surface area contributed by atoms with Crippen LogP contribution in [0.4, 0.5) is 4.39 Å². The lowest BCUT2D eigenvalue weighted by Crippen LogP contribution is -2.06. The lowest BCUT2D eigenvalue weighted by Gasteiger charge is -2.21. The van der Waals surface area contributed by atoms with Crippen molar-refractivity contribution in [2.45, 2.75) is 51.9 Å². The number of carbonyl (C=O) groups excluding carboxylic acids is 1. The number of fused-ring (bicyclic) bond motifs is 1. The second-order valence-corrected chi connectivity index (χ2v) is 7.98. The van der Waals surface area contributed by atoms with Gasteiger partial charge in [0.05, 0.1) is 13.2 Å². The fourth-order valence-electron chi connectivity index (χ4n) is 3.78. The van der Waals surface area contributed by atoms with Crippen molar-refractivity contribution in [2.75, 3.05) is 13.2 Å². The van der Waals surface area contributed by atoms with Crippen LogP contribution in [0.25, 0.3) is 11.4 Å². The molecular weight excluding hydrogens is 391 g/mol. The number of esters is 1. The van der Waals surface area contributed by atoms with E-state index in [1.54, 1.807) is 6.92 Å². The molecule has 0 amide bonds. The van der Waals surface area contributed by atoms with Gasteiger partial charge < -0.3 is 9.47 Å². The molecule has 0 saturated heterocycles. The highest BCUT2D eigenvalue weighted by Gasteiger charge is 2.21. The van der Waals surface area contributed by atoms with Crippen molar-refractivity contribution >= 4 is 17.4 Å². The van der Waals surface area contributed by atoms with Gasteiger partial charge in [-0.2, -0.15) is 0 Å². The summed E-state index contributed by atoms with van der Waals surface area (Å²) in [6.45, 7) is 6.27. The highest BCUT2D eigenvalue weighted by Crippen LogP contribution is 2.40. The van der Waals surface area contributed by atoms with Gasteiger partial charge in [-0.3, -0.25) is 0 Å². The molecule has 0 radical (unpaired) electrons. The number of halogens is 1. The van der Waals surface area contributed by atoms with Gasteiger partial charge in [0, 0.05) is 16.7 Å². The van der Waals surface area contributed by atoms with E-state index in [4.69, 9.17) is 9.47 Å². The first-order valence-electron chi connectivity index (χ1n) is 11.1. The molecule has 0 saturated carbocycles. The molecule has 0 aromatic heterocycles. The minimum absolute atomic E-state index is 0.134. The number of unbranched alkanes of at least 4 members (excludes halogenated alkanes) is 4. The number of benzene rings is 2. The number of carbonyl (C=O) groups is 1. The van der Waals surface area contributed by atoms with Crippen LogP contribution < -0.4 is 4.74 Å². The van der Waals surface area contributed by atoms with Gasteiger partial charge in [-0.05, 0) is 49.8 Å². The van der Waals surface area contributed by atoms with Crippen LogP contribution in [0.1, 0.15) is 62.1 Å². The van der Waals surface area contributed by atoms with Crippen molar-refractivity contribution < 1.29 is 18.7 Å². The Hall–Kier alpha value is -2.88. The number of allylic oxidation sites excluding steroid dienone is 1. The van der Waals surface area contributed by atoms with Gasteiger partial charge >= 0.3 is 5.97 Å². The Bertz CT molecular complexity index is 945. The summed E-state index contributed by atoms with van der Waals surface area (Å²) in [4.78, 5) is 11.3. The number of hydrogen-bond donors (Lipinski definition) is 0. The minimum atomic E-state index is -0.319. The highest BCUT2D eigenvalue weighted by molar-refractivity contribution is 5.91. The van der Waals surface area contributed by atoms with E-state index in [9.17, 15) is 4.79 Å². The van der Waals surface area contributed by atoms with Crippen LogP contribution in [0.15, 0.2) is 60.7 Å². The zero-order valence-electron chi connectivity index (χ0n) is 18.3. The van der Waals surface area contributed by atoms with E-state index < -0.39 is 0 Å². The Morgan fingerprint density at radius 3 is 2.32 bits per heavy atom. The van der Waals surface area contributed by atoms with E-state index >= 15 is 4.39 Å². The van der Waals surface area contributed by atoms with Gasteiger partial charge in [-0.1, -0.05) is 68.3 Å². The molecule has 164 valence electrons. The summed E-state index contributed by atoms with van der Waals surface area (Å²) in [5.41, 5.74) is 3.79. The van der Waals surface area contributed by atoms with Crippen molar-refractivity contribution in [3.8, 4) is 5.75 Å². The summed E-state index contributed by atoms with van der Waals surface area (Å²) in [7, 11) is 0. The molecule has 0 atom stereocenters. The van der Waals surface area contributed by atoms with Crippen LogP contribution in [0.3, 0.4) is 0 Å². The zero-order valence-corrected chi connectivity index (χ0v) is 18.3. The maximum atomic E-state index is 15.2. The minimum Gasteiger partial charge on any atom is -0.493 e. The third-order valence-corrected chi connectivity index (χ3v) is 5.50. The van der Waals surface area contributed by atoms with E-state index in [2.05, 4.69) is 6.58 Å². The average molecular weight is 423 g/mol. The first-order valence-corrected chi connectivity index (χ1v) is 11.1. The first kappa shape index (κ1) is 22.8. The lowest BCUT2D eigenvalue weighted by molar-refractivity contribution is -0.139. The summed E-state index contributed by atoms with van der Waals surface area (Å²) in [6, 6.07) is 15.4. The highest BCUT2D eigenvalue weighted by atomic mass is 19.1. The Kier molecular flexibility index (Phi) is 8.45. The molecule has 0 unspecified atom stereocenters. The number of hydrogen-bond acceptors (Lipinski definition) is 3. The Balaban J connectivity index is 1.46. The number of para-hydroxylation sites is 1. The van der Waals surface area contributed by atoms with Crippen molar-refractivity contribution in [1.29, 1.82) is 0 Å². The summed E-state index contributed by atoms with van der Waals surface area (Å²) >= 11 is 0. The van der Waals surface area contributed by atoms with Crippen molar-refractivity contribution in [2.24, 2.45) is 0 Å². The van der Waals surface area contributed by atoms with E-state index in [-0.39, 0.29) is 11.8 Å². The summed E-state index contributed by atoms with van der Waals surface area (Å²) in [5.74, 6) is 0.295. The second-order valence-electron chi connectivity index (χ2n) is 7.98. The van der Waals surface area contributed by atoms with Crippen molar-refractivity contribution in [1.82, 2.24) is 0 Å². The third kappa shape index (κ3) is 6.30. The SMILES string of the molecule is C=C(C)C(=O)OCCCCCCCOc1ccccc1C1=C(F)c2ccccc2CC1. The smallest absolute Gasteiger partial charge is 0.333 e. The quantitative estimate of drug-likeness (QED) is 0.224. The van der Waals surface area contributed by atoms with E-state index in [0.29, 0.717) is 30.8 Å². The molecule has 1 aliphatic carbocycles. The van der Waals surface area contributed by atoms with Gasteiger partial charge in [0.25, 0.3) is 0 Å². The monoisotopic (exact) mass is 422 g/mol. The van der Waals surface area contributed by atoms with Crippen LogP contribution in [0.5, 0.6) is 5.75 Å². The topological polar surface area (TPSA) is 35.5 Å². The zero-order chi connectivity index (χ0) is 22.1. The van der Waals surface area contributed by atoms with E-state index in [1.807, 2.05) is 48.5 Å². The number of ether oxygens (including phenoxy) is 2. The Labute approximate surface area is 184 Å². The van der Waals surface area contributed by atoms with E-state index in [0.717, 1.165) is 61.0 Å². The summed E-state index contributed by atoms with van der Waals surface area (Å²) in [6.07, 6.45) is 6.43. The molecule has 3 rings (SSSR count). The largest absolute Gasteiger partial charge is 0.493 e. The predicted octanol–water partition coefficient (Wildman–Crippen LogP) is 6.92. The van der Waals surface area contributed by atoms with Crippen molar-refractivity contribution in [3.63, 3.8) is 0 Å². The molecule has 0 bridgehead atoms. The number of aryl methyl sites for hydroxylation is 1. The number of rotatable bonds is 11. The molecule has 4 heteroatoms. The van der Waals surface area contributed by atoms with Crippen molar-refractivity contribution in [3.05, 3.63) is 77.4 Å². The maximum Gasteiger partial charge on any atom is 0.333 e. The molecule has 2 aromatic rings. The standard InChI is InChI=1S/C27H31FO3/c1-20(2)27(29)31-19-11-5-3-4-10-18-30-25-15-9-8-14-23(25)24-17-16-21-12-6-7-13-22(21)26(24)28/h6-9,12-15H,1,3-5,10-11,16-19H2,2H3. The fraction of sp³-hybridized carbons (Fsp3) is 0.370. The Morgan fingerprint density at radius 2 is 1.55 bits per heavy atom. The van der Waals surface area contributed by atoms with Crippen LogP contribution in [0, 0.1) is 0 Å². The fourth-order valence-corrected chi connectivity index (χ4v) is 3.78. The average Bonchev–Trinajstić information content (AvgIpc) is 2.78. The third-order valence-electron chi connectivity index (χ3n) is 5.50. The van der Waals surface area contributed by atoms with Gasteiger partial charge in [0.15, 0.2) is 0 Å². The molecule has 0 N–H and O–H groups in total. The van der Waals surface area contributed by atoms with Gasteiger partial charge in [-0.15, -0.1) is 0 Å². The second kappa shape index (κ2) is 11.5. The molecule has 2 aromatic carbocycles. The Morgan fingerprint density at radius 1 is 0.903 bits per heavy atom. The first-order chi connectivity index (χ1) is 15.1. The molecule has 0 fully saturated rings. The van der Waals surface area contributed by atoms with Gasteiger partial charge in [-0.25, -0.2) is 9.18 Å². The predicted molar refractivity (Wildman–Crippen MR) is 123 cm³/mol. The molecule has 0 aliphatic heterocycles. The molecule has 0 heterocycles. The normalized spacial score (nSPS) is 13.0. The van der Waals surface area contributed by atoms with Crippen LogP contribution in [-0.2, 0) is 16.0 Å².